The van der Waals surface area contributed by atoms with Gasteiger partial charge in [-0.2, -0.15) is 13.2 Å². The van der Waals surface area contributed by atoms with E-state index in [0.717, 1.165) is 40.7 Å². The Morgan fingerprint density at radius 3 is 2.25 bits per heavy atom. The topological polar surface area (TPSA) is 149 Å². The van der Waals surface area contributed by atoms with Crippen molar-refractivity contribution in [3.8, 4) is 17.4 Å². The van der Waals surface area contributed by atoms with Gasteiger partial charge in [0.1, 0.15) is 17.2 Å². The summed E-state index contributed by atoms with van der Waals surface area (Å²) in [4.78, 5) is 31.8. The zero-order valence-corrected chi connectivity index (χ0v) is 27.9. The molecular formula is C34H31F3N6O7S. The summed E-state index contributed by atoms with van der Waals surface area (Å²) in [6.07, 6.45) is -3.12. The number of nitro groups is 1. The molecule has 51 heavy (non-hydrogen) atoms. The Balaban J connectivity index is 1.04. The van der Waals surface area contributed by atoms with Gasteiger partial charge in [0.2, 0.25) is 5.88 Å². The molecule has 3 heterocycles. The fraction of sp³-hybridized carbons (Fsp3) is 0.235. The van der Waals surface area contributed by atoms with Gasteiger partial charge in [0, 0.05) is 69.4 Å². The predicted octanol–water partition coefficient (Wildman–Crippen LogP) is 5.97. The molecule has 3 aromatic carbocycles. The number of carbonyl (C=O) groups excluding carboxylic acids is 1. The summed E-state index contributed by atoms with van der Waals surface area (Å²) in [5.74, 6) is 0.679. The number of benzene rings is 3. The molecule has 1 saturated heterocycles. The van der Waals surface area contributed by atoms with Crippen LogP contribution in [0.2, 0.25) is 0 Å². The maximum atomic E-state index is 13.5. The lowest BCUT2D eigenvalue weighted by Gasteiger charge is -2.34. The molecule has 1 amide bonds. The number of rotatable bonds is 11. The lowest BCUT2D eigenvalue weighted by atomic mass is 10.2. The average Bonchev–Trinajstić information content (AvgIpc) is 3.43. The van der Waals surface area contributed by atoms with Gasteiger partial charge in [-0.3, -0.25) is 24.5 Å². The first kappa shape index (κ1) is 35.2. The van der Waals surface area contributed by atoms with E-state index < -0.39 is 27.7 Å². The minimum absolute atomic E-state index is 0.115. The minimum Gasteiger partial charge on any atom is -0.484 e. The highest BCUT2D eigenvalue weighted by Crippen LogP contribution is 2.29. The molecule has 1 aliphatic rings. The monoisotopic (exact) mass is 724 g/mol. The number of aromatic nitrogens is 2. The first-order valence-corrected chi connectivity index (χ1v) is 17.0. The smallest absolute Gasteiger partial charge is 0.422 e. The van der Waals surface area contributed by atoms with Crippen LogP contribution in [0, 0.1) is 10.1 Å². The number of hydrogen-bond acceptors (Lipinski definition) is 9. The van der Waals surface area contributed by atoms with Gasteiger partial charge in [-0.15, -0.1) is 0 Å². The van der Waals surface area contributed by atoms with E-state index >= 15 is 0 Å². The van der Waals surface area contributed by atoms with E-state index in [1.165, 1.54) is 30.5 Å². The number of pyridine rings is 1. The summed E-state index contributed by atoms with van der Waals surface area (Å²) >= 11 is 0. The second-order valence-corrected chi connectivity index (χ2v) is 13.5. The molecular weight excluding hydrogens is 693 g/mol. The number of hydrogen-bond donors (Lipinski definition) is 1. The molecule has 1 aliphatic heterocycles. The second kappa shape index (κ2) is 14.3. The van der Waals surface area contributed by atoms with Crippen LogP contribution in [-0.2, 0) is 23.6 Å². The number of non-ortho nitro benzene ring substituents is 1. The highest BCUT2D eigenvalue weighted by Gasteiger charge is 2.28. The summed E-state index contributed by atoms with van der Waals surface area (Å²) in [6, 6.07) is 21.1. The summed E-state index contributed by atoms with van der Waals surface area (Å²) in [5.41, 5.74) is 2.12. The van der Waals surface area contributed by atoms with Gasteiger partial charge < -0.3 is 18.9 Å². The Morgan fingerprint density at radius 2 is 1.63 bits per heavy atom. The fourth-order valence-corrected chi connectivity index (χ4v) is 6.59. The number of aryl methyl sites for hydroxylation is 1. The summed E-state index contributed by atoms with van der Waals surface area (Å²) in [6.45, 7) is 1.52. The van der Waals surface area contributed by atoms with Gasteiger partial charge in [0.25, 0.3) is 21.6 Å². The lowest BCUT2D eigenvalue weighted by molar-refractivity contribution is -0.384. The van der Waals surface area contributed by atoms with E-state index in [4.69, 9.17) is 9.47 Å². The third-order valence-corrected chi connectivity index (χ3v) is 9.59. The average molecular weight is 725 g/mol. The molecule has 0 spiro atoms. The molecule has 0 aliphatic carbocycles. The summed E-state index contributed by atoms with van der Waals surface area (Å²) in [7, 11) is -2.22. The normalized spacial score (nSPS) is 14.0. The van der Waals surface area contributed by atoms with E-state index in [-0.39, 0.29) is 33.8 Å². The maximum Gasteiger partial charge on any atom is 0.422 e. The molecule has 0 radical (unpaired) electrons. The van der Waals surface area contributed by atoms with Crippen molar-refractivity contribution in [2.45, 2.75) is 17.6 Å². The molecule has 0 atom stereocenters. The first-order valence-electron chi connectivity index (χ1n) is 15.5. The van der Waals surface area contributed by atoms with Crippen molar-refractivity contribution >= 4 is 38.2 Å². The van der Waals surface area contributed by atoms with Crippen LogP contribution in [0.4, 0.5) is 24.5 Å². The molecule has 5 aromatic rings. The van der Waals surface area contributed by atoms with Crippen LogP contribution in [0.5, 0.6) is 17.4 Å². The van der Waals surface area contributed by atoms with Crippen molar-refractivity contribution in [2.24, 2.45) is 7.05 Å². The zero-order chi connectivity index (χ0) is 36.3. The number of nitrogens with zero attached hydrogens (tertiary/aromatic N) is 5. The number of carbonyl (C=O) groups is 1. The van der Waals surface area contributed by atoms with Gasteiger partial charge in [0.15, 0.2) is 6.61 Å². The molecule has 1 fully saturated rings. The number of nitrogens with one attached hydrogen (secondary N) is 1. The van der Waals surface area contributed by atoms with Crippen LogP contribution in [0.1, 0.15) is 16.1 Å². The van der Waals surface area contributed by atoms with Crippen molar-refractivity contribution in [2.75, 3.05) is 37.5 Å². The van der Waals surface area contributed by atoms with Gasteiger partial charge in [-0.25, -0.2) is 13.4 Å². The van der Waals surface area contributed by atoms with Crippen LogP contribution in [0.25, 0.3) is 10.9 Å². The lowest BCUT2D eigenvalue weighted by Crippen LogP contribution is -2.48. The van der Waals surface area contributed by atoms with E-state index in [0.29, 0.717) is 44.2 Å². The molecule has 6 rings (SSSR count). The quantitative estimate of drug-likeness (QED) is 0.128. The number of anilines is 1. The summed E-state index contributed by atoms with van der Waals surface area (Å²) in [5, 5.41) is 11.7. The SMILES string of the molecule is Cn1c(C(=O)N2CCN(Cc3ccc(OCC(F)(F)F)cc3)CC2)cc2ccc(Oc3ccc(NS(=O)(=O)c4ccc([N+](=O)[O-])cc4)cn3)cc21. The Hall–Kier alpha value is -5.68. The van der Waals surface area contributed by atoms with Crippen LogP contribution in [0.15, 0.2) is 96.0 Å². The standard InChI is InChI=1S/C34H31F3N6O7S/c1-40-30-19-28(50-32-13-5-25(20-38-32)39-51(47,48)29-11-6-26(7-12-29)43(45)46)10-4-24(30)18-31(40)33(44)42-16-14-41(15-17-42)21-23-2-8-27(9-3-23)49-22-34(35,36)37/h2-13,18-20,39H,14-17,21-22H2,1H3. The largest absolute Gasteiger partial charge is 0.484 e. The number of ether oxygens (including phenoxy) is 2. The third kappa shape index (κ3) is 8.56. The van der Waals surface area contributed by atoms with Crippen molar-refractivity contribution in [1.29, 1.82) is 0 Å². The van der Waals surface area contributed by atoms with Crippen LogP contribution < -0.4 is 14.2 Å². The van der Waals surface area contributed by atoms with Crippen molar-refractivity contribution in [1.82, 2.24) is 19.4 Å². The fourth-order valence-electron chi connectivity index (χ4n) is 5.55. The van der Waals surface area contributed by atoms with E-state index in [2.05, 4.69) is 14.6 Å². The number of fused-ring (bicyclic) bond motifs is 1. The van der Waals surface area contributed by atoms with Gasteiger partial charge in [0.05, 0.1) is 27.2 Å². The second-order valence-electron chi connectivity index (χ2n) is 11.8. The third-order valence-electron chi connectivity index (χ3n) is 8.20. The maximum absolute atomic E-state index is 13.5. The van der Waals surface area contributed by atoms with Crippen molar-refractivity contribution < 1.29 is 40.8 Å². The van der Waals surface area contributed by atoms with Crippen molar-refractivity contribution in [3.63, 3.8) is 0 Å². The number of nitro benzene ring substituents is 1. The van der Waals surface area contributed by atoms with Crippen molar-refractivity contribution in [3.05, 3.63) is 112 Å². The Kier molecular flexibility index (Phi) is 9.84. The number of piperazine rings is 1. The Labute approximate surface area is 290 Å². The molecule has 17 heteroatoms. The van der Waals surface area contributed by atoms with Crippen LogP contribution in [-0.4, -0.2) is 77.6 Å². The number of amides is 1. The predicted molar refractivity (Wildman–Crippen MR) is 180 cm³/mol. The van der Waals surface area contributed by atoms with E-state index in [1.807, 2.05) is 12.1 Å². The summed E-state index contributed by atoms with van der Waals surface area (Å²) < 4.78 is 77.4. The number of sulfonamides is 1. The molecule has 1 N–H and O–H groups in total. The number of halogens is 3. The highest BCUT2D eigenvalue weighted by atomic mass is 32.2. The Bertz CT molecular complexity index is 2150. The first-order chi connectivity index (χ1) is 24.2. The zero-order valence-electron chi connectivity index (χ0n) is 27.0. The molecule has 13 nitrogen and oxygen atoms in total. The molecule has 0 unspecified atom stereocenters. The minimum atomic E-state index is -4.40. The van der Waals surface area contributed by atoms with Gasteiger partial charge in [-0.1, -0.05) is 12.1 Å². The van der Waals surface area contributed by atoms with E-state index in [9.17, 15) is 36.5 Å². The van der Waals surface area contributed by atoms with Gasteiger partial charge in [-0.05, 0) is 54.1 Å². The van der Waals surface area contributed by atoms with Gasteiger partial charge >= 0.3 is 6.18 Å². The molecule has 0 bridgehead atoms. The van der Waals surface area contributed by atoms with E-state index in [1.54, 1.807) is 40.8 Å². The number of alkyl halides is 3. The Morgan fingerprint density at radius 1 is 0.941 bits per heavy atom. The molecule has 2 aromatic heterocycles. The van der Waals surface area contributed by atoms with Crippen LogP contribution in [0.3, 0.4) is 0 Å². The molecule has 266 valence electrons. The molecule has 0 saturated carbocycles. The highest BCUT2D eigenvalue weighted by molar-refractivity contribution is 7.92. The van der Waals surface area contributed by atoms with Crippen LogP contribution >= 0.6 is 0 Å².